The standard InChI is InChI=1S/C20H21N3O3/c24-19(14-6-7-18-15(8-14)9-21-12-22-18)23-10-16(17(11-23)20(25)26)13-4-2-1-3-5-13/h1-5,9,12,14,16-17H,6-8,10-11H2,(H,25,26)/t14?,16-,17-/m1/s1. The highest BCUT2D eigenvalue weighted by Crippen LogP contribution is 2.35. The van der Waals surface area contributed by atoms with Gasteiger partial charge in [-0.2, -0.15) is 0 Å². The number of aliphatic carboxylic acids is 1. The smallest absolute Gasteiger partial charge is 0.308 e. The molecule has 6 nitrogen and oxygen atoms in total. The van der Waals surface area contributed by atoms with Crippen molar-refractivity contribution in [1.29, 1.82) is 0 Å². The van der Waals surface area contributed by atoms with E-state index in [1.54, 1.807) is 17.4 Å². The summed E-state index contributed by atoms with van der Waals surface area (Å²) in [6.45, 7) is 0.747. The van der Waals surface area contributed by atoms with Crippen LogP contribution in [0.1, 0.15) is 29.2 Å². The fourth-order valence-corrected chi connectivity index (χ4v) is 4.20. The molecule has 1 fully saturated rings. The first-order valence-corrected chi connectivity index (χ1v) is 8.97. The molecule has 26 heavy (non-hydrogen) atoms. The van der Waals surface area contributed by atoms with Gasteiger partial charge in [-0.15, -0.1) is 0 Å². The summed E-state index contributed by atoms with van der Waals surface area (Å²) in [5, 5.41) is 9.63. The molecule has 0 radical (unpaired) electrons. The van der Waals surface area contributed by atoms with Crippen LogP contribution in [-0.4, -0.2) is 44.9 Å². The van der Waals surface area contributed by atoms with Crippen LogP contribution in [0.25, 0.3) is 0 Å². The molecule has 6 heteroatoms. The van der Waals surface area contributed by atoms with Crippen LogP contribution in [0.3, 0.4) is 0 Å². The number of hydrogen-bond donors (Lipinski definition) is 1. The average molecular weight is 351 g/mol. The number of aryl methyl sites for hydroxylation is 1. The third-order valence-corrected chi connectivity index (χ3v) is 5.60. The topological polar surface area (TPSA) is 83.4 Å². The lowest BCUT2D eigenvalue weighted by molar-refractivity contribution is -0.142. The van der Waals surface area contributed by atoms with Crippen molar-refractivity contribution in [2.75, 3.05) is 13.1 Å². The van der Waals surface area contributed by atoms with Gasteiger partial charge in [-0.3, -0.25) is 9.59 Å². The summed E-state index contributed by atoms with van der Waals surface area (Å²) in [6.07, 6.45) is 5.50. The number of fused-ring (bicyclic) bond motifs is 1. The molecule has 2 aromatic rings. The Morgan fingerprint density at radius 1 is 1.15 bits per heavy atom. The van der Waals surface area contributed by atoms with Gasteiger partial charge in [-0.05, 0) is 30.4 Å². The minimum Gasteiger partial charge on any atom is -0.481 e. The van der Waals surface area contributed by atoms with Crippen molar-refractivity contribution in [2.24, 2.45) is 11.8 Å². The fourth-order valence-electron chi connectivity index (χ4n) is 4.20. The van der Waals surface area contributed by atoms with Crippen molar-refractivity contribution < 1.29 is 14.7 Å². The molecule has 0 saturated carbocycles. The largest absolute Gasteiger partial charge is 0.481 e. The Bertz CT molecular complexity index is 824. The molecule has 1 N–H and O–H groups in total. The van der Waals surface area contributed by atoms with Gasteiger partial charge in [0.1, 0.15) is 6.33 Å². The Morgan fingerprint density at radius 3 is 2.73 bits per heavy atom. The lowest BCUT2D eigenvalue weighted by Gasteiger charge is -2.27. The molecule has 2 aliphatic rings. The molecule has 1 saturated heterocycles. The van der Waals surface area contributed by atoms with Crippen molar-refractivity contribution in [3.05, 3.63) is 59.7 Å². The molecule has 1 aromatic heterocycles. The van der Waals surface area contributed by atoms with Gasteiger partial charge in [-0.1, -0.05) is 30.3 Å². The van der Waals surface area contributed by atoms with Crippen LogP contribution in [0.2, 0.25) is 0 Å². The van der Waals surface area contributed by atoms with Gasteiger partial charge >= 0.3 is 5.97 Å². The molecule has 1 amide bonds. The van der Waals surface area contributed by atoms with Crippen LogP contribution in [0.5, 0.6) is 0 Å². The zero-order valence-electron chi connectivity index (χ0n) is 14.4. The summed E-state index contributed by atoms with van der Waals surface area (Å²) < 4.78 is 0. The van der Waals surface area contributed by atoms with E-state index < -0.39 is 11.9 Å². The van der Waals surface area contributed by atoms with Gasteiger partial charge in [0.25, 0.3) is 0 Å². The van der Waals surface area contributed by atoms with Gasteiger partial charge < -0.3 is 10.0 Å². The summed E-state index contributed by atoms with van der Waals surface area (Å²) in [5.74, 6) is -1.60. The molecule has 1 aliphatic carbocycles. The summed E-state index contributed by atoms with van der Waals surface area (Å²) >= 11 is 0. The molecular formula is C20H21N3O3. The number of carboxylic acid groups (broad SMARTS) is 1. The summed E-state index contributed by atoms with van der Waals surface area (Å²) in [5.41, 5.74) is 3.04. The second kappa shape index (κ2) is 6.86. The lowest BCUT2D eigenvalue weighted by Crippen LogP contribution is -2.37. The van der Waals surface area contributed by atoms with Gasteiger partial charge in [0.2, 0.25) is 5.91 Å². The molecule has 0 spiro atoms. The Balaban J connectivity index is 1.51. The maximum Gasteiger partial charge on any atom is 0.308 e. The van der Waals surface area contributed by atoms with Crippen LogP contribution in [0.15, 0.2) is 42.9 Å². The predicted molar refractivity (Wildman–Crippen MR) is 94.4 cm³/mol. The van der Waals surface area contributed by atoms with Crippen LogP contribution in [0.4, 0.5) is 0 Å². The number of amides is 1. The van der Waals surface area contributed by atoms with Crippen LogP contribution >= 0.6 is 0 Å². The second-order valence-electron chi connectivity index (χ2n) is 7.14. The highest BCUT2D eigenvalue weighted by Gasteiger charge is 2.42. The Kier molecular flexibility index (Phi) is 4.41. The van der Waals surface area contributed by atoms with E-state index in [4.69, 9.17) is 0 Å². The third-order valence-electron chi connectivity index (χ3n) is 5.60. The van der Waals surface area contributed by atoms with Crippen LogP contribution in [-0.2, 0) is 22.4 Å². The minimum atomic E-state index is -0.837. The van der Waals surface area contributed by atoms with E-state index in [9.17, 15) is 14.7 Å². The Morgan fingerprint density at radius 2 is 1.96 bits per heavy atom. The first kappa shape index (κ1) is 16.7. The maximum atomic E-state index is 13.0. The summed E-state index contributed by atoms with van der Waals surface area (Å²) in [6, 6.07) is 9.64. The summed E-state index contributed by atoms with van der Waals surface area (Å²) in [4.78, 5) is 34.9. The highest BCUT2D eigenvalue weighted by molar-refractivity contribution is 5.82. The Labute approximate surface area is 151 Å². The normalized spacial score (nSPS) is 24.9. The molecular weight excluding hydrogens is 330 g/mol. The van der Waals surface area contributed by atoms with Crippen molar-refractivity contribution in [2.45, 2.75) is 25.2 Å². The lowest BCUT2D eigenvalue weighted by atomic mass is 9.86. The van der Waals surface area contributed by atoms with Crippen LogP contribution < -0.4 is 0 Å². The van der Waals surface area contributed by atoms with Gasteiger partial charge in [-0.25, -0.2) is 9.97 Å². The number of likely N-dealkylation sites (tertiary alicyclic amines) is 1. The number of carbonyl (C=O) groups is 2. The first-order chi connectivity index (χ1) is 12.6. The zero-order chi connectivity index (χ0) is 18.1. The van der Waals surface area contributed by atoms with E-state index in [2.05, 4.69) is 9.97 Å². The molecule has 134 valence electrons. The van der Waals surface area contributed by atoms with Crippen molar-refractivity contribution in [3.8, 4) is 0 Å². The number of carbonyl (C=O) groups excluding carboxylic acids is 1. The van der Waals surface area contributed by atoms with E-state index >= 15 is 0 Å². The number of rotatable bonds is 3. The van der Waals surface area contributed by atoms with Crippen molar-refractivity contribution in [1.82, 2.24) is 14.9 Å². The van der Waals surface area contributed by atoms with E-state index in [0.29, 0.717) is 13.0 Å². The molecule has 1 unspecified atom stereocenters. The molecule has 1 aliphatic heterocycles. The molecule has 4 rings (SSSR count). The highest BCUT2D eigenvalue weighted by atomic mass is 16.4. The van der Waals surface area contributed by atoms with Crippen molar-refractivity contribution in [3.63, 3.8) is 0 Å². The monoisotopic (exact) mass is 351 g/mol. The van der Waals surface area contributed by atoms with Gasteiger partial charge in [0.05, 0.1) is 5.92 Å². The van der Waals surface area contributed by atoms with Crippen molar-refractivity contribution >= 4 is 11.9 Å². The quantitative estimate of drug-likeness (QED) is 0.913. The number of benzene rings is 1. The molecule has 1 aromatic carbocycles. The number of hydrogen-bond acceptors (Lipinski definition) is 4. The van der Waals surface area contributed by atoms with E-state index in [1.165, 1.54) is 0 Å². The molecule has 0 bridgehead atoms. The van der Waals surface area contributed by atoms with Gasteiger partial charge in [0.15, 0.2) is 0 Å². The average Bonchev–Trinajstić information content (AvgIpc) is 3.13. The van der Waals surface area contributed by atoms with E-state index in [0.717, 1.165) is 29.7 Å². The second-order valence-corrected chi connectivity index (χ2v) is 7.14. The molecule has 2 heterocycles. The fraction of sp³-hybridized carbons (Fsp3) is 0.400. The first-order valence-electron chi connectivity index (χ1n) is 8.97. The predicted octanol–water partition coefficient (Wildman–Crippen LogP) is 1.91. The van der Waals surface area contributed by atoms with Crippen LogP contribution in [0, 0.1) is 11.8 Å². The number of aromatic nitrogens is 2. The number of nitrogens with zero attached hydrogens (tertiary/aromatic N) is 3. The Hall–Kier alpha value is -2.76. The minimum absolute atomic E-state index is 0.0594. The number of carboxylic acids is 1. The SMILES string of the molecule is O=C(O)[C@@H]1CN(C(=O)C2CCc3ncncc3C2)C[C@@H]1c1ccccc1. The zero-order valence-corrected chi connectivity index (χ0v) is 14.4. The van der Waals surface area contributed by atoms with Gasteiger partial charge in [0, 0.05) is 36.8 Å². The summed E-state index contributed by atoms with van der Waals surface area (Å²) in [7, 11) is 0. The third kappa shape index (κ3) is 3.07. The van der Waals surface area contributed by atoms with E-state index in [-0.39, 0.29) is 24.3 Å². The molecule has 3 atom stereocenters. The maximum absolute atomic E-state index is 13.0. The van der Waals surface area contributed by atoms with E-state index in [1.807, 2.05) is 30.3 Å².